The number of hydrogen-bond acceptors (Lipinski definition) is 4. The number of benzene rings is 1. The van der Waals surface area contributed by atoms with Crippen LogP contribution in [0.3, 0.4) is 0 Å². The number of fused-ring (bicyclic) bond motifs is 1. The van der Waals surface area contributed by atoms with Crippen LogP contribution in [-0.4, -0.2) is 17.6 Å². The predicted molar refractivity (Wildman–Crippen MR) is 101 cm³/mol. The van der Waals surface area contributed by atoms with Gasteiger partial charge in [-0.25, -0.2) is 0 Å². The van der Waals surface area contributed by atoms with E-state index >= 15 is 0 Å². The summed E-state index contributed by atoms with van der Waals surface area (Å²) < 4.78 is 18.3. The highest BCUT2D eigenvalue weighted by molar-refractivity contribution is 5.97. The molecule has 1 aromatic carbocycles. The molecular formula is C21H20N2O4. The second-order valence-electron chi connectivity index (χ2n) is 6.34. The number of rotatable bonds is 6. The molecular weight excluding hydrogens is 344 g/mol. The van der Waals surface area contributed by atoms with Crippen LogP contribution in [0.15, 0.2) is 63.6 Å². The zero-order chi connectivity index (χ0) is 18.8. The summed E-state index contributed by atoms with van der Waals surface area (Å²) in [6, 6.07) is 15.1. The summed E-state index contributed by atoms with van der Waals surface area (Å²) in [5.41, 5.74) is 3.15. The van der Waals surface area contributed by atoms with E-state index in [0.717, 1.165) is 22.6 Å². The van der Waals surface area contributed by atoms with Crippen molar-refractivity contribution in [1.82, 2.24) is 9.88 Å². The van der Waals surface area contributed by atoms with Crippen LogP contribution in [-0.2, 0) is 13.1 Å². The van der Waals surface area contributed by atoms with Gasteiger partial charge in [-0.15, -0.1) is 0 Å². The molecule has 0 saturated carbocycles. The number of hydrogen-bond donors (Lipinski definition) is 1. The molecule has 6 nitrogen and oxygen atoms in total. The Bertz CT molecular complexity index is 1070. The number of furan rings is 2. The van der Waals surface area contributed by atoms with Crippen LogP contribution in [0.4, 0.5) is 0 Å². The topological polar surface area (TPSA) is 69.5 Å². The average Bonchev–Trinajstić information content (AvgIpc) is 3.38. The number of aryl methyl sites for hydroxylation is 1. The second-order valence-corrected chi connectivity index (χ2v) is 6.34. The maximum absolute atomic E-state index is 12.8. The molecule has 27 heavy (non-hydrogen) atoms. The van der Waals surface area contributed by atoms with Gasteiger partial charge in [0.05, 0.1) is 25.4 Å². The quantitative estimate of drug-likeness (QED) is 0.559. The van der Waals surface area contributed by atoms with Crippen molar-refractivity contribution in [3.8, 4) is 5.75 Å². The van der Waals surface area contributed by atoms with E-state index in [0.29, 0.717) is 30.1 Å². The van der Waals surface area contributed by atoms with E-state index in [4.69, 9.17) is 13.6 Å². The van der Waals surface area contributed by atoms with Crippen LogP contribution in [0, 0.1) is 6.92 Å². The van der Waals surface area contributed by atoms with Crippen molar-refractivity contribution in [3.63, 3.8) is 0 Å². The normalized spacial score (nSPS) is 11.0. The molecule has 4 rings (SSSR count). The summed E-state index contributed by atoms with van der Waals surface area (Å²) in [5, 5.41) is 2.90. The minimum Gasteiger partial charge on any atom is -0.497 e. The third-order valence-electron chi connectivity index (χ3n) is 4.42. The number of aromatic nitrogens is 1. The molecule has 0 aliphatic carbocycles. The standard InChI is InChI=1S/C21H20N2O4/c1-14-9-18-20(27-14)11-19(21(24)22-12-17-7-4-8-26-17)23(18)13-15-5-3-6-16(10-15)25-2/h3-11H,12-13H2,1-2H3,(H,22,24). The summed E-state index contributed by atoms with van der Waals surface area (Å²) in [4.78, 5) is 12.8. The van der Waals surface area contributed by atoms with Gasteiger partial charge in [-0.05, 0) is 36.8 Å². The molecule has 1 amide bonds. The Kier molecular flexibility index (Phi) is 4.46. The third-order valence-corrected chi connectivity index (χ3v) is 4.42. The van der Waals surface area contributed by atoms with Crippen molar-refractivity contribution in [1.29, 1.82) is 0 Å². The van der Waals surface area contributed by atoms with E-state index in [-0.39, 0.29) is 5.91 Å². The smallest absolute Gasteiger partial charge is 0.268 e. The number of nitrogens with one attached hydrogen (secondary N) is 1. The van der Waals surface area contributed by atoms with E-state index in [1.165, 1.54) is 0 Å². The minimum atomic E-state index is -0.182. The molecule has 0 aliphatic rings. The maximum atomic E-state index is 12.8. The van der Waals surface area contributed by atoms with E-state index in [1.807, 2.05) is 47.9 Å². The molecule has 0 spiro atoms. The molecule has 0 aliphatic heterocycles. The van der Waals surface area contributed by atoms with Gasteiger partial charge in [-0.3, -0.25) is 4.79 Å². The molecule has 0 atom stereocenters. The summed E-state index contributed by atoms with van der Waals surface area (Å²) >= 11 is 0. The Morgan fingerprint density at radius 3 is 2.85 bits per heavy atom. The number of methoxy groups -OCH3 is 1. The first kappa shape index (κ1) is 17.0. The van der Waals surface area contributed by atoms with E-state index in [2.05, 4.69) is 5.32 Å². The van der Waals surface area contributed by atoms with Gasteiger partial charge in [0.2, 0.25) is 0 Å². The fourth-order valence-corrected chi connectivity index (χ4v) is 3.15. The van der Waals surface area contributed by atoms with Gasteiger partial charge in [0.15, 0.2) is 5.58 Å². The SMILES string of the molecule is COc1cccc(Cn2c(C(=O)NCc3ccco3)cc3oc(C)cc32)c1. The van der Waals surface area contributed by atoms with Gasteiger partial charge in [-0.1, -0.05) is 12.1 Å². The molecule has 138 valence electrons. The van der Waals surface area contributed by atoms with Crippen molar-refractivity contribution in [2.75, 3.05) is 7.11 Å². The largest absolute Gasteiger partial charge is 0.497 e. The Morgan fingerprint density at radius 2 is 2.07 bits per heavy atom. The summed E-state index contributed by atoms with van der Waals surface area (Å²) in [6.07, 6.45) is 1.59. The third kappa shape index (κ3) is 3.46. The number of carbonyl (C=O) groups is 1. The lowest BCUT2D eigenvalue weighted by atomic mass is 10.2. The molecule has 0 unspecified atom stereocenters. The van der Waals surface area contributed by atoms with Crippen LogP contribution >= 0.6 is 0 Å². The van der Waals surface area contributed by atoms with Gasteiger partial charge < -0.3 is 23.5 Å². The van der Waals surface area contributed by atoms with Gasteiger partial charge in [0, 0.05) is 18.7 Å². The molecule has 3 aromatic heterocycles. The van der Waals surface area contributed by atoms with Crippen LogP contribution in [0.25, 0.3) is 11.1 Å². The van der Waals surface area contributed by atoms with Crippen LogP contribution in [0.1, 0.15) is 27.6 Å². The molecule has 0 bridgehead atoms. The Hall–Kier alpha value is -3.41. The zero-order valence-corrected chi connectivity index (χ0v) is 15.2. The zero-order valence-electron chi connectivity index (χ0n) is 15.2. The lowest BCUT2D eigenvalue weighted by molar-refractivity contribution is 0.0939. The van der Waals surface area contributed by atoms with Gasteiger partial charge in [0.1, 0.15) is 23.0 Å². The van der Waals surface area contributed by atoms with Gasteiger partial charge >= 0.3 is 0 Å². The highest BCUT2D eigenvalue weighted by Crippen LogP contribution is 2.25. The minimum absolute atomic E-state index is 0.182. The average molecular weight is 364 g/mol. The maximum Gasteiger partial charge on any atom is 0.268 e. The number of ether oxygens (including phenoxy) is 1. The fraction of sp³-hybridized carbons (Fsp3) is 0.190. The molecule has 1 N–H and O–H groups in total. The predicted octanol–water partition coefficient (Wildman–Crippen LogP) is 4.12. The Labute approximate surface area is 156 Å². The number of nitrogens with zero attached hydrogens (tertiary/aromatic N) is 1. The Morgan fingerprint density at radius 1 is 1.19 bits per heavy atom. The van der Waals surface area contributed by atoms with E-state index in [9.17, 15) is 4.79 Å². The molecule has 0 fully saturated rings. The van der Waals surface area contributed by atoms with Crippen LogP contribution < -0.4 is 10.1 Å². The Balaban J connectivity index is 1.66. The van der Waals surface area contributed by atoms with Crippen LogP contribution in [0.2, 0.25) is 0 Å². The van der Waals surface area contributed by atoms with Gasteiger partial charge in [-0.2, -0.15) is 0 Å². The molecule has 3 heterocycles. The van der Waals surface area contributed by atoms with Gasteiger partial charge in [0.25, 0.3) is 5.91 Å². The van der Waals surface area contributed by atoms with Crippen molar-refractivity contribution >= 4 is 17.0 Å². The summed E-state index contributed by atoms with van der Waals surface area (Å²) in [6.45, 7) is 2.76. The van der Waals surface area contributed by atoms with Crippen molar-refractivity contribution in [3.05, 3.63) is 77.6 Å². The number of amides is 1. The van der Waals surface area contributed by atoms with Crippen molar-refractivity contribution in [2.24, 2.45) is 0 Å². The second kappa shape index (κ2) is 7.07. The first-order valence-corrected chi connectivity index (χ1v) is 8.67. The molecule has 0 radical (unpaired) electrons. The first-order chi connectivity index (χ1) is 13.1. The summed E-state index contributed by atoms with van der Waals surface area (Å²) in [7, 11) is 1.64. The highest BCUT2D eigenvalue weighted by Gasteiger charge is 2.19. The molecule has 4 aromatic rings. The first-order valence-electron chi connectivity index (χ1n) is 8.67. The van der Waals surface area contributed by atoms with Crippen molar-refractivity contribution in [2.45, 2.75) is 20.0 Å². The summed E-state index contributed by atoms with van der Waals surface area (Å²) in [5.74, 6) is 2.11. The highest BCUT2D eigenvalue weighted by atomic mass is 16.5. The van der Waals surface area contributed by atoms with Crippen LogP contribution in [0.5, 0.6) is 5.75 Å². The molecule has 0 saturated heterocycles. The number of carbonyl (C=O) groups excluding carboxylic acids is 1. The fourth-order valence-electron chi connectivity index (χ4n) is 3.15. The lowest BCUT2D eigenvalue weighted by Gasteiger charge is -2.11. The monoisotopic (exact) mass is 364 g/mol. The molecule has 6 heteroatoms. The van der Waals surface area contributed by atoms with E-state index < -0.39 is 0 Å². The van der Waals surface area contributed by atoms with Crippen molar-refractivity contribution < 1.29 is 18.4 Å². The lowest BCUT2D eigenvalue weighted by Crippen LogP contribution is -2.25. The van der Waals surface area contributed by atoms with E-state index in [1.54, 1.807) is 25.5 Å².